The number of hydrogen-bond acceptors (Lipinski definition) is 4. The number of carboxylic acids is 1. The lowest BCUT2D eigenvalue weighted by atomic mass is 9.79. The molecule has 3 N–H and O–H groups in total. The predicted molar refractivity (Wildman–Crippen MR) is 77.2 cm³/mol. The van der Waals surface area contributed by atoms with E-state index >= 15 is 0 Å². The molecule has 0 aromatic rings. The van der Waals surface area contributed by atoms with Crippen LogP contribution in [0.2, 0.25) is 0 Å². The van der Waals surface area contributed by atoms with E-state index in [0.717, 1.165) is 19.3 Å². The molecule has 0 aromatic heterocycles. The van der Waals surface area contributed by atoms with Crippen molar-refractivity contribution >= 4 is 12.0 Å². The Kier molecular flexibility index (Phi) is 8.07. The highest BCUT2D eigenvalue weighted by atomic mass is 16.5. The Balaban J connectivity index is 2.29. The summed E-state index contributed by atoms with van der Waals surface area (Å²) >= 11 is 0. The smallest absolute Gasteiger partial charge is 0.314 e. The quantitative estimate of drug-likeness (QED) is 0.617. The fourth-order valence-corrected chi connectivity index (χ4v) is 2.67. The van der Waals surface area contributed by atoms with Gasteiger partial charge in [0.1, 0.15) is 0 Å². The third-order valence-corrected chi connectivity index (χ3v) is 3.93. The molecule has 0 bridgehead atoms. The number of carbonyl (C=O) groups excluding carboxylic acids is 1. The van der Waals surface area contributed by atoms with E-state index in [2.05, 4.69) is 10.6 Å². The molecule has 0 heterocycles. The van der Waals surface area contributed by atoms with Gasteiger partial charge in [-0.15, -0.1) is 0 Å². The molecule has 2 amide bonds. The highest BCUT2D eigenvalue weighted by molar-refractivity contribution is 5.74. The number of ether oxygens (including phenoxy) is 2. The molecule has 1 rings (SSSR count). The number of methoxy groups -OCH3 is 2. The third kappa shape index (κ3) is 6.31. The lowest BCUT2D eigenvalue weighted by Crippen LogP contribution is -2.44. The molecule has 7 heteroatoms. The summed E-state index contributed by atoms with van der Waals surface area (Å²) in [4.78, 5) is 22.9. The topological polar surface area (TPSA) is 96.9 Å². The average molecular weight is 302 g/mol. The molecule has 7 nitrogen and oxygen atoms in total. The van der Waals surface area contributed by atoms with Crippen molar-refractivity contribution in [1.29, 1.82) is 0 Å². The number of carboxylic acid groups (broad SMARTS) is 1. The molecule has 1 aliphatic rings. The van der Waals surface area contributed by atoms with Crippen LogP contribution in [0.4, 0.5) is 4.79 Å². The van der Waals surface area contributed by atoms with Gasteiger partial charge in [-0.25, -0.2) is 4.79 Å². The maximum atomic E-state index is 11.7. The molecule has 1 saturated carbocycles. The van der Waals surface area contributed by atoms with Crippen LogP contribution in [0, 0.1) is 11.8 Å². The fourth-order valence-electron chi connectivity index (χ4n) is 2.67. The second-order valence-corrected chi connectivity index (χ2v) is 5.39. The lowest BCUT2D eigenvalue weighted by Gasteiger charge is -2.28. The van der Waals surface area contributed by atoms with Crippen LogP contribution in [0.15, 0.2) is 0 Å². The number of urea groups is 1. The van der Waals surface area contributed by atoms with Gasteiger partial charge in [0.25, 0.3) is 0 Å². The van der Waals surface area contributed by atoms with Gasteiger partial charge in [-0.1, -0.05) is 12.8 Å². The Hall–Kier alpha value is -1.34. The van der Waals surface area contributed by atoms with Crippen LogP contribution >= 0.6 is 0 Å². The van der Waals surface area contributed by atoms with Crippen molar-refractivity contribution in [3.05, 3.63) is 0 Å². The van der Waals surface area contributed by atoms with E-state index < -0.39 is 5.97 Å². The van der Waals surface area contributed by atoms with Crippen LogP contribution in [-0.4, -0.2) is 57.1 Å². The highest BCUT2D eigenvalue weighted by Crippen LogP contribution is 2.29. The number of nitrogens with one attached hydrogen (secondary N) is 2. The maximum Gasteiger partial charge on any atom is 0.314 e. The highest BCUT2D eigenvalue weighted by Gasteiger charge is 2.30. The van der Waals surface area contributed by atoms with E-state index in [1.165, 1.54) is 0 Å². The van der Waals surface area contributed by atoms with Gasteiger partial charge in [0.05, 0.1) is 18.6 Å². The van der Waals surface area contributed by atoms with Crippen LogP contribution in [0.25, 0.3) is 0 Å². The number of aliphatic carboxylic acids is 1. The number of rotatable bonds is 8. The zero-order chi connectivity index (χ0) is 15.7. The first-order chi connectivity index (χ1) is 10.1. The standard InChI is InChI=1S/C14H26N2O5/c1-20-9-11(21-2)8-16-14(19)15-7-10-5-3-4-6-12(10)13(17)18/h10-12H,3-9H2,1-2H3,(H,17,18)(H2,15,16,19). The van der Waals surface area contributed by atoms with Crippen LogP contribution < -0.4 is 10.6 Å². The van der Waals surface area contributed by atoms with Crippen LogP contribution in [0.1, 0.15) is 25.7 Å². The molecule has 0 saturated heterocycles. The zero-order valence-corrected chi connectivity index (χ0v) is 12.8. The summed E-state index contributed by atoms with van der Waals surface area (Å²) in [5, 5.41) is 14.6. The molecule has 0 aliphatic heterocycles. The van der Waals surface area contributed by atoms with Crippen molar-refractivity contribution in [2.45, 2.75) is 31.8 Å². The molecular formula is C14H26N2O5. The van der Waals surface area contributed by atoms with Gasteiger partial charge in [0.2, 0.25) is 0 Å². The molecule has 3 atom stereocenters. The molecule has 1 fully saturated rings. The Morgan fingerprint density at radius 1 is 1.24 bits per heavy atom. The molecule has 1 aliphatic carbocycles. The van der Waals surface area contributed by atoms with E-state index in [-0.39, 0.29) is 24.0 Å². The summed E-state index contributed by atoms with van der Waals surface area (Å²) in [6.45, 7) is 1.15. The zero-order valence-electron chi connectivity index (χ0n) is 12.8. The number of amides is 2. The van der Waals surface area contributed by atoms with Gasteiger partial charge in [0.15, 0.2) is 0 Å². The van der Waals surface area contributed by atoms with Gasteiger partial charge in [-0.3, -0.25) is 4.79 Å². The molecule has 0 spiro atoms. The second-order valence-electron chi connectivity index (χ2n) is 5.39. The van der Waals surface area contributed by atoms with Gasteiger partial charge < -0.3 is 25.2 Å². The normalized spacial score (nSPS) is 23.3. The van der Waals surface area contributed by atoms with Crippen molar-refractivity contribution in [2.24, 2.45) is 11.8 Å². The summed E-state index contributed by atoms with van der Waals surface area (Å²) in [6.07, 6.45) is 3.33. The largest absolute Gasteiger partial charge is 0.481 e. The first-order valence-corrected chi connectivity index (χ1v) is 7.34. The van der Waals surface area contributed by atoms with Crippen LogP contribution in [0.3, 0.4) is 0 Å². The Bertz CT molecular complexity index is 337. The van der Waals surface area contributed by atoms with Gasteiger partial charge in [0, 0.05) is 27.3 Å². The fraction of sp³-hybridized carbons (Fsp3) is 0.857. The predicted octanol–water partition coefficient (Wildman–Crippen LogP) is 0.838. The van der Waals surface area contributed by atoms with Gasteiger partial charge >= 0.3 is 12.0 Å². The lowest BCUT2D eigenvalue weighted by molar-refractivity contribution is -0.144. The molecule has 122 valence electrons. The maximum absolute atomic E-state index is 11.7. The van der Waals surface area contributed by atoms with Crippen molar-refractivity contribution in [1.82, 2.24) is 10.6 Å². The third-order valence-electron chi connectivity index (χ3n) is 3.93. The summed E-state index contributed by atoms with van der Waals surface area (Å²) in [5.41, 5.74) is 0. The van der Waals surface area contributed by atoms with E-state index in [1.54, 1.807) is 14.2 Å². The Labute approximate surface area is 125 Å². The van der Waals surface area contributed by atoms with E-state index in [9.17, 15) is 14.7 Å². The van der Waals surface area contributed by atoms with E-state index in [4.69, 9.17) is 9.47 Å². The second kappa shape index (κ2) is 9.57. The molecule has 21 heavy (non-hydrogen) atoms. The minimum Gasteiger partial charge on any atom is -0.481 e. The molecule has 0 radical (unpaired) electrons. The summed E-state index contributed by atoms with van der Waals surface area (Å²) in [7, 11) is 3.13. The number of carbonyl (C=O) groups is 2. The molecular weight excluding hydrogens is 276 g/mol. The van der Waals surface area contributed by atoms with Gasteiger partial charge in [-0.2, -0.15) is 0 Å². The average Bonchev–Trinajstić information content (AvgIpc) is 2.49. The summed E-state index contributed by atoms with van der Waals surface area (Å²) in [5.74, 6) is -1.10. The SMILES string of the molecule is COCC(CNC(=O)NCC1CCCCC1C(=O)O)OC. The number of hydrogen-bond donors (Lipinski definition) is 3. The van der Waals surface area contributed by atoms with Crippen molar-refractivity contribution < 1.29 is 24.2 Å². The molecule has 3 unspecified atom stereocenters. The Morgan fingerprint density at radius 3 is 2.57 bits per heavy atom. The van der Waals surface area contributed by atoms with Crippen molar-refractivity contribution in [2.75, 3.05) is 33.9 Å². The summed E-state index contributed by atoms with van der Waals surface area (Å²) < 4.78 is 10.1. The summed E-state index contributed by atoms with van der Waals surface area (Å²) in [6, 6.07) is -0.303. The van der Waals surface area contributed by atoms with E-state index in [0.29, 0.717) is 26.1 Å². The van der Waals surface area contributed by atoms with Crippen LogP contribution in [-0.2, 0) is 14.3 Å². The molecule has 0 aromatic carbocycles. The Morgan fingerprint density at radius 2 is 1.95 bits per heavy atom. The van der Waals surface area contributed by atoms with Crippen LogP contribution in [0.5, 0.6) is 0 Å². The van der Waals surface area contributed by atoms with Crippen molar-refractivity contribution in [3.8, 4) is 0 Å². The minimum absolute atomic E-state index is 0.0131. The minimum atomic E-state index is -0.763. The first-order valence-electron chi connectivity index (χ1n) is 7.34. The van der Waals surface area contributed by atoms with E-state index in [1.807, 2.05) is 0 Å². The monoisotopic (exact) mass is 302 g/mol. The first kappa shape index (κ1) is 17.7. The van der Waals surface area contributed by atoms with Gasteiger partial charge in [-0.05, 0) is 18.8 Å². The van der Waals surface area contributed by atoms with Crippen molar-refractivity contribution in [3.63, 3.8) is 0 Å².